The molecule has 0 radical (unpaired) electrons. The zero-order valence-electron chi connectivity index (χ0n) is 10.4. The molecule has 1 rings (SSSR count). The van der Waals surface area contributed by atoms with E-state index in [1.165, 1.54) is 6.07 Å². The number of hydrogen-bond acceptors (Lipinski definition) is 2. The molecule has 0 amide bonds. The number of halogens is 1. The Morgan fingerprint density at radius 2 is 2.24 bits per heavy atom. The van der Waals surface area contributed by atoms with Gasteiger partial charge in [0.05, 0.1) is 18.2 Å². The third kappa shape index (κ3) is 4.54. The Labute approximate surface area is 102 Å². The van der Waals surface area contributed by atoms with Crippen molar-refractivity contribution >= 4 is 0 Å². The molecule has 0 aliphatic carbocycles. The highest BCUT2D eigenvalue weighted by molar-refractivity contribution is 5.32. The molecular formula is C14H18FNO. The maximum absolute atomic E-state index is 13.5. The third-order valence-electron chi connectivity index (χ3n) is 2.62. The minimum Gasteiger partial charge on any atom is -0.376 e. The lowest BCUT2D eigenvalue weighted by molar-refractivity contribution is 0.0874. The first-order valence-corrected chi connectivity index (χ1v) is 5.93. The monoisotopic (exact) mass is 235 g/mol. The summed E-state index contributed by atoms with van der Waals surface area (Å²) in [5.74, 6) is 0.133. The van der Waals surface area contributed by atoms with Crippen LogP contribution in [0.15, 0.2) is 18.2 Å². The summed E-state index contributed by atoms with van der Waals surface area (Å²) < 4.78 is 18.9. The number of nitrogens with zero attached hydrogens (tertiary/aromatic N) is 1. The van der Waals surface area contributed by atoms with Crippen molar-refractivity contribution in [3.05, 3.63) is 35.1 Å². The summed E-state index contributed by atoms with van der Waals surface area (Å²) in [4.78, 5) is 0. The zero-order chi connectivity index (χ0) is 12.7. The van der Waals surface area contributed by atoms with E-state index in [0.29, 0.717) is 23.7 Å². The number of nitriles is 1. The summed E-state index contributed by atoms with van der Waals surface area (Å²) >= 11 is 0. The van der Waals surface area contributed by atoms with Gasteiger partial charge in [-0.3, -0.25) is 0 Å². The number of rotatable bonds is 6. The van der Waals surface area contributed by atoms with Gasteiger partial charge >= 0.3 is 0 Å². The van der Waals surface area contributed by atoms with Crippen LogP contribution in [-0.4, -0.2) is 6.61 Å². The second-order valence-corrected chi connectivity index (χ2v) is 4.33. The molecule has 1 aromatic rings. The topological polar surface area (TPSA) is 33.0 Å². The van der Waals surface area contributed by atoms with Crippen molar-refractivity contribution in [2.75, 3.05) is 6.61 Å². The standard InChI is InChI=1S/C14H18FNO/c1-3-4-11(2)9-17-10-13-6-5-12(8-16)7-14(13)15/h5-7,11H,3-4,9-10H2,1-2H3. The van der Waals surface area contributed by atoms with Crippen LogP contribution in [0.3, 0.4) is 0 Å². The fourth-order valence-electron chi connectivity index (χ4n) is 1.68. The summed E-state index contributed by atoms with van der Waals surface area (Å²) in [5, 5.41) is 8.61. The van der Waals surface area contributed by atoms with E-state index in [0.717, 1.165) is 12.8 Å². The Morgan fingerprint density at radius 1 is 1.47 bits per heavy atom. The average molecular weight is 235 g/mol. The van der Waals surface area contributed by atoms with Crippen molar-refractivity contribution in [2.45, 2.75) is 33.3 Å². The fraction of sp³-hybridized carbons (Fsp3) is 0.500. The second-order valence-electron chi connectivity index (χ2n) is 4.33. The fourth-order valence-corrected chi connectivity index (χ4v) is 1.68. The summed E-state index contributed by atoms with van der Waals surface area (Å²) in [6, 6.07) is 6.37. The Morgan fingerprint density at radius 3 is 2.82 bits per heavy atom. The van der Waals surface area contributed by atoms with Crippen molar-refractivity contribution < 1.29 is 9.13 Å². The van der Waals surface area contributed by atoms with Crippen LogP contribution >= 0.6 is 0 Å². The molecule has 0 aliphatic heterocycles. The molecule has 3 heteroatoms. The highest BCUT2D eigenvalue weighted by Crippen LogP contribution is 2.12. The lowest BCUT2D eigenvalue weighted by Crippen LogP contribution is -2.06. The van der Waals surface area contributed by atoms with Gasteiger partial charge in [0, 0.05) is 12.2 Å². The van der Waals surface area contributed by atoms with Crippen LogP contribution in [-0.2, 0) is 11.3 Å². The molecule has 1 atom stereocenters. The normalized spacial score (nSPS) is 12.1. The van der Waals surface area contributed by atoms with Crippen LogP contribution < -0.4 is 0 Å². The highest BCUT2D eigenvalue weighted by Gasteiger charge is 2.05. The first kappa shape index (κ1) is 13.7. The van der Waals surface area contributed by atoms with Crippen LogP contribution in [0.2, 0.25) is 0 Å². The smallest absolute Gasteiger partial charge is 0.130 e. The second kappa shape index (κ2) is 7.03. The molecule has 0 aliphatic rings. The predicted octanol–water partition coefficient (Wildman–Crippen LogP) is 3.65. The van der Waals surface area contributed by atoms with Crippen molar-refractivity contribution in [1.82, 2.24) is 0 Å². The predicted molar refractivity (Wildman–Crippen MR) is 64.8 cm³/mol. The summed E-state index contributed by atoms with van der Waals surface area (Å²) in [6.07, 6.45) is 2.26. The van der Waals surface area contributed by atoms with Crippen LogP contribution in [0.25, 0.3) is 0 Å². The van der Waals surface area contributed by atoms with E-state index >= 15 is 0 Å². The van der Waals surface area contributed by atoms with Gasteiger partial charge in [0.1, 0.15) is 5.82 Å². The Hall–Kier alpha value is -1.40. The molecule has 1 unspecified atom stereocenters. The number of ether oxygens (including phenoxy) is 1. The molecule has 1 aromatic carbocycles. The summed E-state index contributed by atoms with van der Waals surface area (Å²) in [6.45, 7) is 5.17. The van der Waals surface area contributed by atoms with Crippen molar-refractivity contribution in [3.63, 3.8) is 0 Å². The highest BCUT2D eigenvalue weighted by atomic mass is 19.1. The van der Waals surface area contributed by atoms with Gasteiger partial charge < -0.3 is 4.74 Å². The first-order valence-electron chi connectivity index (χ1n) is 5.93. The molecule has 0 N–H and O–H groups in total. The van der Waals surface area contributed by atoms with Crippen LogP contribution in [0.4, 0.5) is 4.39 Å². The quantitative estimate of drug-likeness (QED) is 0.754. The molecule has 0 saturated carbocycles. The maximum atomic E-state index is 13.5. The lowest BCUT2D eigenvalue weighted by atomic mass is 10.1. The summed E-state index contributed by atoms with van der Waals surface area (Å²) in [5.41, 5.74) is 0.846. The van der Waals surface area contributed by atoms with E-state index in [1.807, 2.05) is 6.07 Å². The van der Waals surface area contributed by atoms with Gasteiger partial charge in [-0.2, -0.15) is 5.26 Å². The van der Waals surface area contributed by atoms with Gasteiger partial charge in [0.25, 0.3) is 0 Å². The van der Waals surface area contributed by atoms with E-state index in [4.69, 9.17) is 10.00 Å². The van der Waals surface area contributed by atoms with Gasteiger partial charge in [-0.15, -0.1) is 0 Å². The van der Waals surface area contributed by atoms with Crippen molar-refractivity contribution in [2.24, 2.45) is 5.92 Å². The van der Waals surface area contributed by atoms with Gasteiger partial charge in [0.15, 0.2) is 0 Å². The first-order chi connectivity index (χ1) is 8.17. The maximum Gasteiger partial charge on any atom is 0.130 e. The Kier molecular flexibility index (Phi) is 5.65. The molecule has 0 aromatic heterocycles. The lowest BCUT2D eigenvalue weighted by Gasteiger charge is -2.11. The van der Waals surface area contributed by atoms with E-state index in [1.54, 1.807) is 12.1 Å². The Balaban J connectivity index is 2.45. The zero-order valence-corrected chi connectivity index (χ0v) is 10.4. The third-order valence-corrected chi connectivity index (χ3v) is 2.62. The number of hydrogen-bond donors (Lipinski definition) is 0. The molecule has 0 spiro atoms. The van der Waals surface area contributed by atoms with Crippen molar-refractivity contribution in [3.8, 4) is 6.07 Å². The average Bonchev–Trinajstić information content (AvgIpc) is 2.31. The SMILES string of the molecule is CCCC(C)COCc1ccc(C#N)cc1F. The van der Waals surface area contributed by atoms with Gasteiger partial charge in [-0.1, -0.05) is 26.3 Å². The van der Waals surface area contributed by atoms with Crippen LogP contribution in [0.5, 0.6) is 0 Å². The van der Waals surface area contributed by atoms with E-state index < -0.39 is 0 Å². The van der Waals surface area contributed by atoms with Crippen LogP contribution in [0.1, 0.15) is 37.8 Å². The minimum absolute atomic E-state index is 0.269. The molecule has 0 bridgehead atoms. The molecule has 17 heavy (non-hydrogen) atoms. The minimum atomic E-state index is -0.368. The molecule has 92 valence electrons. The van der Waals surface area contributed by atoms with Gasteiger partial charge in [0.2, 0.25) is 0 Å². The molecule has 0 heterocycles. The van der Waals surface area contributed by atoms with Gasteiger partial charge in [-0.25, -0.2) is 4.39 Å². The van der Waals surface area contributed by atoms with E-state index in [9.17, 15) is 4.39 Å². The van der Waals surface area contributed by atoms with Crippen molar-refractivity contribution in [1.29, 1.82) is 5.26 Å². The molecular weight excluding hydrogens is 217 g/mol. The molecule has 2 nitrogen and oxygen atoms in total. The number of benzene rings is 1. The van der Waals surface area contributed by atoms with Crippen LogP contribution in [0, 0.1) is 23.1 Å². The van der Waals surface area contributed by atoms with E-state index in [-0.39, 0.29) is 12.4 Å². The molecule has 0 fully saturated rings. The molecule has 0 saturated heterocycles. The largest absolute Gasteiger partial charge is 0.376 e. The van der Waals surface area contributed by atoms with E-state index in [2.05, 4.69) is 13.8 Å². The Bertz CT molecular complexity index is 398. The van der Waals surface area contributed by atoms with Gasteiger partial charge in [-0.05, 0) is 24.5 Å². The summed E-state index contributed by atoms with van der Waals surface area (Å²) in [7, 11) is 0.